The van der Waals surface area contributed by atoms with Crippen molar-refractivity contribution >= 4 is 21.6 Å². The van der Waals surface area contributed by atoms with Crippen LogP contribution in [0, 0.1) is 6.92 Å². The number of ether oxygens (including phenoxy) is 1. The van der Waals surface area contributed by atoms with E-state index < -0.39 is 0 Å². The van der Waals surface area contributed by atoms with Crippen LogP contribution in [0.25, 0.3) is 21.5 Å². The molecule has 0 amide bonds. The fraction of sp³-hybridized carbons (Fsp3) is 0.294. The summed E-state index contributed by atoms with van der Waals surface area (Å²) in [4.78, 5) is 11.4. The quantitative estimate of drug-likeness (QED) is 0.696. The topological polar surface area (TPSA) is 35.0 Å². The summed E-state index contributed by atoms with van der Waals surface area (Å²) < 4.78 is 5.26. The molecule has 3 aromatic rings. The summed E-state index contributed by atoms with van der Waals surface area (Å²) in [5.74, 6) is 1.21. The molecule has 0 saturated carbocycles. The first kappa shape index (κ1) is 14.0. The minimum Gasteiger partial charge on any atom is -0.495 e. The van der Waals surface area contributed by atoms with Gasteiger partial charge >= 0.3 is 0 Å². The number of thiophene rings is 1. The van der Waals surface area contributed by atoms with E-state index in [1.165, 1.54) is 15.8 Å². The Labute approximate surface area is 128 Å². The third kappa shape index (κ3) is 2.63. The van der Waals surface area contributed by atoms with Crippen LogP contribution >= 0.6 is 11.3 Å². The monoisotopic (exact) mass is 298 g/mol. The van der Waals surface area contributed by atoms with Crippen molar-refractivity contribution in [1.29, 1.82) is 0 Å². The van der Waals surface area contributed by atoms with Gasteiger partial charge in [0.05, 0.1) is 19.0 Å². The SMILES string of the molecule is COc1cncc(-c2cc(C(C)C)c3cc(C)sc3n2)c1. The summed E-state index contributed by atoms with van der Waals surface area (Å²) in [6, 6.07) is 6.39. The first-order valence-electron chi connectivity index (χ1n) is 6.99. The van der Waals surface area contributed by atoms with E-state index in [1.54, 1.807) is 24.6 Å². The van der Waals surface area contributed by atoms with Crippen LogP contribution in [0.5, 0.6) is 5.75 Å². The van der Waals surface area contributed by atoms with Crippen LogP contribution in [0.3, 0.4) is 0 Å². The summed E-state index contributed by atoms with van der Waals surface area (Å²) in [5.41, 5.74) is 3.28. The second-order valence-electron chi connectivity index (χ2n) is 5.44. The van der Waals surface area contributed by atoms with Crippen LogP contribution in [-0.4, -0.2) is 17.1 Å². The lowest BCUT2D eigenvalue weighted by molar-refractivity contribution is 0.413. The van der Waals surface area contributed by atoms with Crippen molar-refractivity contribution in [3.05, 3.63) is 41.0 Å². The van der Waals surface area contributed by atoms with E-state index >= 15 is 0 Å². The van der Waals surface area contributed by atoms with Crippen molar-refractivity contribution in [1.82, 2.24) is 9.97 Å². The zero-order chi connectivity index (χ0) is 15.0. The molecule has 0 spiro atoms. The van der Waals surface area contributed by atoms with Gasteiger partial charge in [0.2, 0.25) is 0 Å². The summed E-state index contributed by atoms with van der Waals surface area (Å²) in [7, 11) is 1.65. The van der Waals surface area contributed by atoms with E-state index in [-0.39, 0.29) is 0 Å². The van der Waals surface area contributed by atoms with E-state index in [9.17, 15) is 0 Å². The molecule has 3 heterocycles. The van der Waals surface area contributed by atoms with Gasteiger partial charge in [-0.3, -0.25) is 4.98 Å². The molecule has 4 heteroatoms. The third-order valence-electron chi connectivity index (χ3n) is 3.53. The van der Waals surface area contributed by atoms with Gasteiger partial charge < -0.3 is 4.74 Å². The smallest absolute Gasteiger partial charge is 0.137 e. The Morgan fingerprint density at radius 2 is 1.95 bits per heavy atom. The Morgan fingerprint density at radius 3 is 2.67 bits per heavy atom. The minimum absolute atomic E-state index is 0.460. The van der Waals surface area contributed by atoms with Crippen molar-refractivity contribution in [3.8, 4) is 17.0 Å². The maximum Gasteiger partial charge on any atom is 0.137 e. The number of aryl methyl sites for hydroxylation is 1. The Hall–Kier alpha value is -1.94. The van der Waals surface area contributed by atoms with E-state index in [0.717, 1.165) is 21.8 Å². The summed E-state index contributed by atoms with van der Waals surface area (Å²) in [5, 5.41) is 1.27. The number of fused-ring (bicyclic) bond motifs is 1. The lowest BCUT2D eigenvalue weighted by Crippen LogP contribution is -1.93. The van der Waals surface area contributed by atoms with Crippen LogP contribution in [0.2, 0.25) is 0 Å². The van der Waals surface area contributed by atoms with Gasteiger partial charge in [-0.25, -0.2) is 4.98 Å². The van der Waals surface area contributed by atoms with Crippen molar-refractivity contribution in [2.45, 2.75) is 26.7 Å². The zero-order valence-corrected chi connectivity index (χ0v) is 13.5. The molecule has 3 aromatic heterocycles. The zero-order valence-electron chi connectivity index (χ0n) is 12.7. The highest BCUT2D eigenvalue weighted by Crippen LogP contribution is 2.34. The Bertz CT molecular complexity index is 793. The fourth-order valence-electron chi connectivity index (χ4n) is 2.45. The molecule has 0 bridgehead atoms. The highest BCUT2D eigenvalue weighted by Gasteiger charge is 2.13. The molecule has 0 unspecified atom stereocenters. The first-order valence-corrected chi connectivity index (χ1v) is 7.80. The van der Waals surface area contributed by atoms with E-state index in [4.69, 9.17) is 9.72 Å². The Morgan fingerprint density at radius 1 is 1.14 bits per heavy atom. The lowest BCUT2D eigenvalue weighted by atomic mass is 9.99. The molecule has 0 aromatic carbocycles. The number of methoxy groups -OCH3 is 1. The maximum absolute atomic E-state index is 5.26. The number of rotatable bonds is 3. The second-order valence-corrected chi connectivity index (χ2v) is 6.68. The summed E-state index contributed by atoms with van der Waals surface area (Å²) in [6.45, 7) is 6.56. The van der Waals surface area contributed by atoms with Gasteiger partial charge in [0.15, 0.2) is 0 Å². The minimum atomic E-state index is 0.460. The maximum atomic E-state index is 5.26. The molecular weight excluding hydrogens is 280 g/mol. The standard InChI is InChI=1S/C17H18N2OS/c1-10(2)14-7-16(12-6-13(20-4)9-18-8-12)19-17-15(14)5-11(3)21-17/h5-10H,1-4H3. The highest BCUT2D eigenvalue weighted by molar-refractivity contribution is 7.18. The molecule has 0 radical (unpaired) electrons. The molecule has 0 saturated heterocycles. The Kier molecular flexibility index (Phi) is 3.64. The van der Waals surface area contributed by atoms with Crippen LogP contribution in [0.1, 0.15) is 30.2 Å². The highest BCUT2D eigenvalue weighted by atomic mass is 32.1. The predicted octanol–water partition coefficient (Wildman–Crippen LogP) is 4.80. The number of hydrogen-bond acceptors (Lipinski definition) is 4. The molecule has 3 rings (SSSR count). The van der Waals surface area contributed by atoms with Gasteiger partial charge in [-0.1, -0.05) is 13.8 Å². The fourth-order valence-corrected chi connectivity index (χ4v) is 3.37. The van der Waals surface area contributed by atoms with Gasteiger partial charge in [-0.2, -0.15) is 0 Å². The van der Waals surface area contributed by atoms with Crippen molar-refractivity contribution in [2.24, 2.45) is 0 Å². The number of pyridine rings is 2. The summed E-state index contributed by atoms with van der Waals surface area (Å²) in [6.07, 6.45) is 3.54. The predicted molar refractivity (Wildman–Crippen MR) is 88.2 cm³/mol. The first-order chi connectivity index (χ1) is 10.1. The van der Waals surface area contributed by atoms with Gasteiger partial charge in [0, 0.05) is 22.0 Å². The van der Waals surface area contributed by atoms with Crippen LogP contribution in [-0.2, 0) is 0 Å². The van der Waals surface area contributed by atoms with Crippen molar-refractivity contribution in [2.75, 3.05) is 7.11 Å². The number of hydrogen-bond donors (Lipinski definition) is 0. The molecular formula is C17H18N2OS. The molecule has 3 nitrogen and oxygen atoms in total. The van der Waals surface area contributed by atoms with E-state index in [1.807, 2.05) is 12.3 Å². The van der Waals surface area contributed by atoms with E-state index in [2.05, 4.69) is 37.9 Å². The largest absolute Gasteiger partial charge is 0.495 e. The van der Waals surface area contributed by atoms with Crippen LogP contribution in [0.15, 0.2) is 30.6 Å². The van der Waals surface area contributed by atoms with Crippen LogP contribution < -0.4 is 4.74 Å². The van der Waals surface area contributed by atoms with Gasteiger partial charge in [0.1, 0.15) is 10.6 Å². The molecule has 0 N–H and O–H groups in total. The Balaban J connectivity index is 2.22. The summed E-state index contributed by atoms with van der Waals surface area (Å²) >= 11 is 1.74. The number of nitrogens with zero attached hydrogens (tertiary/aromatic N) is 2. The normalized spacial score (nSPS) is 11.3. The molecule has 0 aliphatic rings. The third-order valence-corrected chi connectivity index (χ3v) is 4.47. The number of aromatic nitrogens is 2. The second kappa shape index (κ2) is 5.45. The van der Waals surface area contributed by atoms with Crippen molar-refractivity contribution < 1.29 is 4.74 Å². The van der Waals surface area contributed by atoms with Gasteiger partial charge in [-0.05, 0) is 36.6 Å². The molecule has 0 atom stereocenters. The lowest BCUT2D eigenvalue weighted by Gasteiger charge is -2.10. The van der Waals surface area contributed by atoms with Gasteiger partial charge in [0.25, 0.3) is 0 Å². The average molecular weight is 298 g/mol. The molecule has 108 valence electrons. The molecule has 0 aliphatic heterocycles. The van der Waals surface area contributed by atoms with E-state index in [0.29, 0.717) is 5.92 Å². The molecule has 0 aliphatic carbocycles. The van der Waals surface area contributed by atoms with Gasteiger partial charge in [-0.15, -0.1) is 11.3 Å². The molecule has 0 fully saturated rings. The average Bonchev–Trinajstić information content (AvgIpc) is 2.86. The van der Waals surface area contributed by atoms with Crippen LogP contribution in [0.4, 0.5) is 0 Å². The van der Waals surface area contributed by atoms with Crippen molar-refractivity contribution in [3.63, 3.8) is 0 Å². The molecule has 21 heavy (non-hydrogen) atoms.